The predicted octanol–water partition coefficient (Wildman–Crippen LogP) is 14.3. The summed E-state index contributed by atoms with van der Waals surface area (Å²) in [7, 11) is 0. The number of hydrogen-bond acceptors (Lipinski definition) is 10. The van der Waals surface area contributed by atoms with Crippen LogP contribution >= 0.6 is 22.7 Å². The first-order valence-electron chi connectivity index (χ1n) is 23.2. The highest BCUT2D eigenvalue weighted by Gasteiger charge is 2.46. The Hall–Kier alpha value is -8.44. The van der Waals surface area contributed by atoms with Gasteiger partial charge in [-0.1, -0.05) is 122 Å². The van der Waals surface area contributed by atoms with Gasteiger partial charge in [0.05, 0.1) is 25.8 Å². The third kappa shape index (κ3) is 7.60. The van der Waals surface area contributed by atoms with Crippen molar-refractivity contribution in [2.45, 2.75) is 5.41 Å². The van der Waals surface area contributed by atoms with Gasteiger partial charge in [-0.25, -0.2) is 19.6 Å². The summed E-state index contributed by atoms with van der Waals surface area (Å²) in [5, 5.41) is 8.14. The third-order valence-electron chi connectivity index (χ3n) is 13.3. The maximum absolute atomic E-state index is 11.6. The number of carbonyl (C=O) groups is 2. The zero-order chi connectivity index (χ0) is 48.1. The highest BCUT2D eigenvalue weighted by molar-refractivity contribution is 7.22. The maximum atomic E-state index is 11.6. The first-order valence-corrected chi connectivity index (χ1v) is 24.9. The lowest BCUT2D eigenvalue weighted by Gasteiger charge is -2.34. The van der Waals surface area contributed by atoms with E-state index >= 15 is 0 Å². The fraction of sp³-hybridized carbons (Fsp3) is 0.0820. The molecule has 11 aromatic rings. The lowest BCUT2D eigenvalue weighted by molar-refractivity contribution is -0.139. The lowest BCUT2D eigenvalue weighted by Crippen LogP contribution is -2.28. The van der Waals surface area contributed by atoms with Crippen molar-refractivity contribution in [1.82, 2.24) is 9.97 Å². The molecule has 71 heavy (non-hydrogen) atoms. The van der Waals surface area contributed by atoms with E-state index in [9.17, 15) is 9.59 Å². The maximum Gasteiger partial charge on any atom is 0.330 e. The van der Waals surface area contributed by atoms with Gasteiger partial charge in [-0.05, 0) is 116 Å². The average Bonchev–Trinajstić information content (AvgIpc) is 4.12. The Morgan fingerprint density at radius 1 is 0.465 bits per heavy atom. The van der Waals surface area contributed by atoms with E-state index in [0.29, 0.717) is 11.5 Å². The second-order valence-corrected chi connectivity index (χ2v) is 19.3. The molecule has 1 aliphatic carbocycles. The minimum atomic E-state index is -0.690. The van der Waals surface area contributed by atoms with Crippen LogP contribution in [0, 0.1) is 0 Å². The van der Waals surface area contributed by atoms with Crippen molar-refractivity contribution >= 4 is 87.4 Å². The van der Waals surface area contributed by atoms with Crippen LogP contribution in [0.2, 0.25) is 0 Å². The molecule has 0 spiro atoms. The van der Waals surface area contributed by atoms with Crippen molar-refractivity contribution < 1.29 is 28.5 Å². The molecular formula is C61H42N2O6S2. The van der Waals surface area contributed by atoms with Gasteiger partial charge >= 0.3 is 11.9 Å². The Kier molecular flexibility index (Phi) is 11.2. The van der Waals surface area contributed by atoms with Crippen molar-refractivity contribution in [3.05, 3.63) is 217 Å². The van der Waals surface area contributed by atoms with Crippen LogP contribution in [0.3, 0.4) is 0 Å². The molecule has 0 atom stereocenters. The van der Waals surface area contributed by atoms with Crippen LogP contribution < -0.4 is 9.47 Å². The summed E-state index contributed by atoms with van der Waals surface area (Å²) in [5.41, 5.74) is 10.4. The van der Waals surface area contributed by atoms with Crippen LogP contribution in [-0.4, -0.2) is 48.3 Å². The van der Waals surface area contributed by atoms with Crippen LogP contribution in [0.25, 0.3) is 85.0 Å². The summed E-state index contributed by atoms with van der Waals surface area (Å²) in [6, 6.07) is 60.2. The molecule has 344 valence electrons. The van der Waals surface area contributed by atoms with Crippen molar-refractivity contribution in [1.29, 1.82) is 0 Å². The normalized spacial score (nSPS) is 12.5. The van der Waals surface area contributed by atoms with E-state index in [1.807, 2.05) is 48.5 Å². The van der Waals surface area contributed by atoms with Gasteiger partial charge in [0.2, 0.25) is 0 Å². The van der Waals surface area contributed by atoms with E-state index in [2.05, 4.69) is 134 Å². The Balaban J connectivity index is 0.980. The monoisotopic (exact) mass is 962 g/mol. The molecule has 12 rings (SSSR count). The Morgan fingerprint density at radius 3 is 1.48 bits per heavy atom. The molecule has 0 saturated carbocycles. The first kappa shape index (κ1) is 43.8. The van der Waals surface area contributed by atoms with Crippen LogP contribution in [-0.2, 0) is 24.5 Å². The molecule has 0 amide bonds. The fourth-order valence-corrected chi connectivity index (χ4v) is 12.3. The molecule has 0 aliphatic heterocycles. The highest BCUT2D eigenvalue weighted by atomic mass is 32.1. The zero-order valence-corrected chi connectivity index (χ0v) is 39.9. The van der Waals surface area contributed by atoms with Gasteiger partial charge < -0.3 is 18.9 Å². The third-order valence-corrected chi connectivity index (χ3v) is 15.4. The number of carbonyl (C=O) groups excluding carboxylic acids is 2. The summed E-state index contributed by atoms with van der Waals surface area (Å²) in [6.45, 7) is 7.61. The number of rotatable bonds is 14. The quantitative estimate of drug-likeness (QED) is 0.0604. The zero-order valence-electron chi connectivity index (χ0n) is 38.2. The standard InChI is InChI=1S/C61H42N2O6S2/c1-3-57(64)68-31-29-66-53-27-23-46(41-15-7-9-18-44(41)53)59-62-51-25-21-39(35-55(51)70-59)61(49-20-12-11-17-43(49)48-33-37-13-5-6-14-38(37)34-50(48)61)40-22-26-52-56(36-40)71-60(63-52)47-24-28-54(45-19-10-8-16-42(45)47)67-30-32-69-58(65)4-2/h3-28,33-36H,1-2,29-32H2. The predicted molar refractivity (Wildman–Crippen MR) is 287 cm³/mol. The summed E-state index contributed by atoms with van der Waals surface area (Å²) < 4.78 is 24.7. The number of hydrogen-bond donors (Lipinski definition) is 0. The van der Waals surface area contributed by atoms with E-state index < -0.39 is 17.4 Å². The van der Waals surface area contributed by atoms with Crippen molar-refractivity contribution in [3.8, 4) is 43.8 Å². The Labute approximate surface area is 416 Å². The van der Waals surface area contributed by atoms with Gasteiger partial charge in [0.25, 0.3) is 0 Å². The van der Waals surface area contributed by atoms with Gasteiger partial charge in [-0.2, -0.15) is 0 Å². The van der Waals surface area contributed by atoms with Gasteiger partial charge in [0.1, 0.15) is 47.9 Å². The first-order chi connectivity index (χ1) is 34.9. The number of benzene rings is 9. The fourth-order valence-electron chi connectivity index (χ4n) is 10.2. The number of fused-ring (bicyclic) bond motifs is 8. The number of aromatic nitrogens is 2. The van der Waals surface area contributed by atoms with Crippen molar-refractivity contribution in [2.24, 2.45) is 0 Å². The van der Waals surface area contributed by atoms with Crippen molar-refractivity contribution in [3.63, 3.8) is 0 Å². The largest absolute Gasteiger partial charge is 0.489 e. The highest BCUT2D eigenvalue weighted by Crippen LogP contribution is 2.58. The average molecular weight is 963 g/mol. The SMILES string of the molecule is C=CC(=O)OCCOc1ccc(-c2nc3ccc(C4(c5ccc6nc(-c7ccc(OCCOC(=O)C=C)c8ccccc78)sc6c5)c5ccccc5-c5cc6ccccc6cc54)cc3s2)c2ccccc12. The van der Waals surface area contributed by atoms with Gasteiger partial charge in [0, 0.05) is 34.1 Å². The molecule has 9 aromatic carbocycles. The molecule has 0 saturated heterocycles. The molecular weight excluding hydrogens is 921 g/mol. The topological polar surface area (TPSA) is 96.8 Å². The Bertz CT molecular complexity index is 3780. The van der Waals surface area contributed by atoms with Crippen LogP contribution in [0.4, 0.5) is 0 Å². The second-order valence-electron chi connectivity index (χ2n) is 17.2. The van der Waals surface area contributed by atoms with Crippen LogP contribution in [0.1, 0.15) is 22.3 Å². The van der Waals surface area contributed by atoms with Crippen molar-refractivity contribution in [2.75, 3.05) is 26.4 Å². The van der Waals surface area contributed by atoms with Gasteiger partial charge in [-0.3, -0.25) is 0 Å². The lowest BCUT2D eigenvalue weighted by atomic mass is 9.67. The number of thiazole rings is 2. The van der Waals surface area contributed by atoms with E-state index in [1.165, 1.54) is 33.0 Å². The van der Waals surface area contributed by atoms with E-state index in [4.69, 9.17) is 28.9 Å². The number of nitrogens with zero attached hydrogens (tertiary/aromatic N) is 2. The molecule has 8 nitrogen and oxygen atoms in total. The summed E-state index contributed by atoms with van der Waals surface area (Å²) in [6.07, 6.45) is 2.29. The minimum Gasteiger partial charge on any atom is -0.489 e. The molecule has 0 radical (unpaired) electrons. The van der Waals surface area contributed by atoms with Gasteiger partial charge in [-0.15, -0.1) is 22.7 Å². The summed E-state index contributed by atoms with van der Waals surface area (Å²) in [5.74, 6) is 0.457. The molecule has 0 fully saturated rings. The number of esters is 2. The molecule has 2 aromatic heterocycles. The summed E-state index contributed by atoms with van der Waals surface area (Å²) in [4.78, 5) is 33.8. The van der Waals surface area contributed by atoms with Crippen LogP contribution in [0.15, 0.2) is 195 Å². The van der Waals surface area contributed by atoms with E-state index in [-0.39, 0.29) is 26.4 Å². The molecule has 2 heterocycles. The Morgan fingerprint density at radius 2 is 0.944 bits per heavy atom. The smallest absolute Gasteiger partial charge is 0.330 e. The van der Waals surface area contributed by atoms with Gasteiger partial charge in [0.15, 0.2) is 0 Å². The molecule has 10 heteroatoms. The second kappa shape index (κ2) is 18.1. The van der Waals surface area contributed by atoms with E-state index in [0.717, 1.165) is 86.4 Å². The summed E-state index contributed by atoms with van der Waals surface area (Å²) >= 11 is 3.37. The molecule has 0 bridgehead atoms. The minimum absolute atomic E-state index is 0.121. The molecule has 0 unspecified atom stereocenters. The molecule has 1 aliphatic rings. The van der Waals surface area contributed by atoms with E-state index in [1.54, 1.807) is 22.7 Å². The number of ether oxygens (including phenoxy) is 4. The van der Waals surface area contributed by atoms with Crippen LogP contribution in [0.5, 0.6) is 11.5 Å². The molecule has 0 N–H and O–H groups in total.